The number of aryl methyl sites for hydroxylation is 1. The molecule has 0 radical (unpaired) electrons. The van der Waals surface area contributed by atoms with Crippen LogP contribution in [0.1, 0.15) is 24.0 Å². The van der Waals surface area contributed by atoms with Crippen LogP contribution >= 0.6 is 23.1 Å². The van der Waals surface area contributed by atoms with Gasteiger partial charge in [0, 0.05) is 12.2 Å². The van der Waals surface area contributed by atoms with Crippen molar-refractivity contribution in [2.75, 3.05) is 5.75 Å². The summed E-state index contributed by atoms with van der Waals surface area (Å²) in [4.78, 5) is 17.3. The second kappa shape index (κ2) is 9.59. The van der Waals surface area contributed by atoms with Crippen molar-refractivity contribution in [3.05, 3.63) is 64.5 Å². The van der Waals surface area contributed by atoms with Crippen LogP contribution in [-0.2, 0) is 17.1 Å². The topological polar surface area (TPSA) is 34.4 Å². The number of aromatic nitrogens is 1. The molecule has 0 spiro atoms. The van der Waals surface area contributed by atoms with Gasteiger partial charge in [0.05, 0.1) is 16.8 Å². The van der Waals surface area contributed by atoms with Crippen LogP contribution in [0.15, 0.2) is 53.5 Å². The first-order valence-corrected chi connectivity index (χ1v) is 10.9. The number of fused-ring (bicyclic) bond motifs is 1. The maximum Gasteiger partial charge on any atom is 0.248 e. The Balaban J connectivity index is 1.61. The number of carbonyl (C=O) groups is 1. The predicted octanol–water partition coefficient (Wildman–Crippen LogP) is 4.79. The third-order valence-corrected chi connectivity index (χ3v) is 6.25. The molecular formula is C22H22N2OS2. The van der Waals surface area contributed by atoms with Gasteiger partial charge in [0.15, 0.2) is 4.80 Å². The Morgan fingerprint density at radius 2 is 2.07 bits per heavy atom. The minimum atomic E-state index is -0.0793. The minimum absolute atomic E-state index is 0.0793. The summed E-state index contributed by atoms with van der Waals surface area (Å²) in [6.45, 7) is 2.47. The molecule has 2 aromatic carbocycles. The van der Waals surface area contributed by atoms with Gasteiger partial charge < -0.3 is 4.57 Å². The third kappa shape index (κ3) is 5.35. The fourth-order valence-corrected chi connectivity index (χ4v) is 4.83. The molecule has 0 aliphatic rings. The number of carbonyl (C=O) groups excluding carboxylic acids is 1. The van der Waals surface area contributed by atoms with Crippen molar-refractivity contribution >= 4 is 39.2 Å². The number of terminal acetylenes is 1. The summed E-state index contributed by atoms with van der Waals surface area (Å²) >= 11 is 3.37. The van der Waals surface area contributed by atoms with E-state index < -0.39 is 0 Å². The molecule has 0 atom stereocenters. The average Bonchev–Trinajstić information content (AvgIpc) is 2.99. The van der Waals surface area contributed by atoms with Crippen molar-refractivity contribution in [3.8, 4) is 12.3 Å². The first-order valence-electron chi connectivity index (χ1n) is 8.90. The van der Waals surface area contributed by atoms with E-state index in [-0.39, 0.29) is 5.91 Å². The summed E-state index contributed by atoms with van der Waals surface area (Å²) in [5.41, 5.74) is 3.54. The van der Waals surface area contributed by atoms with Crippen LogP contribution in [0.2, 0.25) is 0 Å². The van der Waals surface area contributed by atoms with E-state index in [4.69, 9.17) is 6.42 Å². The van der Waals surface area contributed by atoms with Gasteiger partial charge in [0.25, 0.3) is 0 Å². The van der Waals surface area contributed by atoms with Gasteiger partial charge in [-0.2, -0.15) is 16.8 Å². The van der Waals surface area contributed by atoms with Gasteiger partial charge >= 0.3 is 0 Å². The summed E-state index contributed by atoms with van der Waals surface area (Å²) in [5.74, 6) is 4.51. The van der Waals surface area contributed by atoms with E-state index in [9.17, 15) is 4.79 Å². The highest BCUT2D eigenvalue weighted by Crippen LogP contribution is 2.19. The summed E-state index contributed by atoms with van der Waals surface area (Å²) in [5, 5.41) is 0. The molecule has 5 heteroatoms. The van der Waals surface area contributed by atoms with Crippen LogP contribution in [0.3, 0.4) is 0 Å². The zero-order valence-corrected chi connectivity index (χ0v) is 17.0. The van der Waals surface area contributed by atoms with E-state index in [2.05, 4.69) is 54.2 Å². The number of thioether (sulfide) groups is 1. The van der Waals surface area contributed by atoms with E-state index in [1.807, 2.05) is 28.5 Å². The Labute approximate surface area is 168 Å². The quantitative estimate of drug-likeness (QED) is 0.427. The van der Waals surface area contributed by atoms with E-state index in [0.717, 1.165) is 28.1 Å². The number of hydrogen-bond donors (Lipinski definition) is 0. The predicted molar refractivity (Wildman–Crippen MR) is 116 cm³/mol. The molecule has 0 N–H and O–H groups in total. The SMILES string of the molecule is C#CCn1c(=NC(=O)CCCSCc2ccccc2)sc2cc(C)ccc21. The molecule has 27 heavy (non-hydrogen) atoms. The highest BCUT2D eigenvalue weighted by molar-refractivity contribution is 7.98. The summed E-state index contributed by atoms with van der Waals surface area (Å²) in [6, 6.07) is 16.6. The Bertz CT molecular complexity index is 1030. The lowest BCUT2D eigenvalue weighted by molar-refractivity contribution is -0.118. The molecule has 1 aromatic heterocycles. The van der Waals surface area contributed by atoms with Crippen LogP contribution in [0.25, 0.3) is 10.2 Å². The Kier molecular flexibility index (Phi) is 6.92. The van der Waals surface area contributed by atoms with Crippen LogP contribution in [0, 0.1) is 19.3 Å². The monoisotopic (exact) mass is 394 g/mol. The van der Waals surface area contributed by atoms with Crippen molar-refractivity contribution in [2.45, 2.75) is 32.1 Å². The summed E-state index contributed by atoms with van der Waals surface area (Å²) in [7, 11) is 0. The smallest absolute Gasteiger partial charge is 0.248 e. The van der Waals surface area contributed by atoms with Crippen LogP contribution in [0.4, 0.5) is 0 Å². The zero-order chi connectivity index (χ0) is 19.1. The number of amides is 1. The van der Waals surface area contributed by atoms with Gasteiger partial charge in [-0.15, -0.1) is 6.42 Å². The Hall–Kier alpha value is -2.29. The molecule has 0 unspecified atom stereocenters. The second-order valence-corrected chi connectivity index (χ2v) is 8.41. The minimum Gasteiger partial charge on any atom is -0.305 e. The summed E-state index contributed by atoms with van der Waals surface area (Å²) < 4.78 is 3.05. The van der Waals surface area contributed by atoms with Crippen molar-refractivity contribution in [1.29, 1.82) is 0 Å². The molecular weight excluding hydrogens is 372 g/mol. The zero-order valence-electron chi connectivity index (χ0n) is 15.4. The van der Waals surface area contributed by atoms with E-state index in [1.54, 1.807) is 0 Å². The fraction of sp³-hybridized carbons (Fsp3) is 0.273. The number of rotatable bonds is 7. The highest BCUT2D eigenvalue weighted by Gasteiger charge is 2.07. The first kappa shape index (κ1) is 19.5. The van der Waals surface area contributed by atoms with Crippen LogP contribution in [-0.4, -0.2) is 16.2 Å². The van der Waals surface area contributed by atoms with Gasteiger partial charge in [-0.25, -0.2) is 0 Å². The number of hydrogen-bond acceptors (Lipinski definition) is 3. The molecule has 0 saturated carbocycles. The Morgan fingerprint density at radius 3 is 2.85 bits per heavy atom. The molecule has 0 bridgehead atoms. The lowest BCUT2D eigenvalue weighted by atomic mass is 10.2. The van der Waals surface area contributed by atoms with E-state index >= 15 is 0 Å². The maximum atomic E-state index is 12.3. The molecule has 0 saturated heterocycles. The van der Waals surface area contributed by atoms with Crippen LogP contribution < -0.4 is 4.80 Å². The third-order valence-electron chi connectivity index (χ3n) is 4.10. The van der Waals surface area contributed by atoms with Crippen molar-refractivity contribution in [1.82, 2.24) is 4.57 Å². The van der Waals surface area contributed by atoms with Gasteiger partial charge in [-0.05, 0) is 42.4 Å². The molecule has 138 valence electrons. The standard InChI is InChI=1S/C22H22N2OS2/c1-3-13-24-19-12-11-17(2)15-20(19)27-22(24)23-21(25)10-7-14-26-16-18-8-5-4-6-9-18/h1,4-6,8-9,11-12,15H,7,10,13-14,16H2,2H3. The van der Waals surface area contributed by atoms with Crippen molar-refractivity contribution in [3.63, 3.8) is 0 Å². The van der Waals surface area contributed by atoms with E-state index in [0.29, 0.717) is 17.8 Å². The highest BCUT2D eigenvalue weighted by atomic mass is 32.2. The largest absolute Gasteiger partial charge is 0.305 e. The van der Waals surface area contributed by atoms with Gasteiger partial charge in [0.1, 0.15) is 0 Å². The van der Waals surface area contributed by atoms with Gasteiger partial charge in [0.2, 0.25) is 5.91 Å². The van der Waals surface area contributed by atoms with E-state index in [1.165, 1.54) is 22.5 Å². The lowest BCUT2D eigenvalue weighted by Gasteiger charge is -2.01. The molecule has 3 rings (SSSR count). The van der Waals surface area contributed by atoms with Crippen molar-refractivity contribution < 1.29 is 4.79 Å². The number of nitrogens with zero attached hydrogens (tertiary/aromatic N) is 2. The summed E-state index contributed by atoms with van der Waals surface area (Å²) in [6.07, 6.45) is 6.80. The Morgan fingerprint density at radius 1 is 1.26 bits per heavy atom. The van der Waals surface area contributed by atoms with Crippen molar-refractivity contribution in [2.24, 2.45) is 4.99 Å². The molecule has 0 aliphatic carbocycles. The van der Waals surface area contributed by atoms with Gasteiger partial charge in [-0.1, -0.05) is 53.7 Å². The molecule has 1 heterocycles. The molecule has 0 fully saturated rings. The second-order valence-electron chi connectivity index (χ2n) is 6.29. The molecule has 1 amide bonds. The van der Waals surface area contributed by atoms with Crippen LogP contribution in [0.5, 0.6) is 0 Å². The van der Waals surface area contributed by atoms with Gasteiger partial charge in [-0.3, -0.25) is 4.79 Å². The lowest BCUT2D eigenvalue weighted by Crippen LogP contribution is -2.16. The fourth-order valence-electron chi connectivity index (χ4n) is 2.76. The molecule has 3 nitrogen and oxygen atoms in total. The first-order chi connectivity index (χ1) is 13.2. The number of thiazole rings is 1. The number of benzene rings is 2. The average molecular weight is 395 g/mol. The molecule has 3 aromatic rings. The normalized spacial score (nSPS) is 11.6. The maximum absolute atomic E-state index is 12.3. The molecule has 0 aliphatic heterocycles.